The highest BCUT2D eigenvalue weighted by Crippen LogP contribution is 2.51. The highest BCUT2D eigenvalue weighted by Gasteiger charge is 2.44. The molecule has 0 nitrogen and oxygen atoms in total. The normalized spacial score (nSPS) is 15.9. The summed E-state index contributed by atoms with van der Waals surface area (Å²) in [6, 6.07) is 10.8. The van der Waals surface area contributed by atoms with Crippen molar-refractivity contribution in [3.05, 3.63) is 58.7 Å². The first kappa shape index (κ1) is 13.3. The van der Waals surface area contributed by atoms with Crippen molar-refractivity contribution in [2.45, 2.75) is 39.0 Å². The van der Waals surface area contributed by atoms with Crippen molar-refractivity contribution in [3.63, 3.8) is 0 Å². The zero-order chi connectivity index (χ0) is 14.7. The molecule has 0 N–H and O–H groups in total. The molecule has 0 saturated carbocycles. The maximum atomic E-state index is 14.7. The van der Waals surface area contributed by atoms with Crippen molar-refractivity contribution in [3.8, 4) is 11.1 Å². The molecule has 0 fully saturated rings. The first-order valence-corrected chi connectivity index (χ1v) is 6.85. The minimum atomic E-state index is -2.89. The van der Waals surface area contributed by atoms with E-state index in [2.05, 4.69) is 0 Å². The van der Waals surface area contributed by atoms with Crippen LogP contribution in [-0.2, 0) is 11.3 Å². The molecule has 1 aliphatic rings. The fraction of sp³-hybridized carbons (Fsp3) is 0.333. The number of halogens is 2. The van der Waals surface area contributed by atoms with E-state index in [0.717, 1.165) is 11.1 Å². The van der Waals surface area contributed by atoms with E-state index in [4.69, 9.17) is 0 Å². The molecule has 0 atom stereocenters. The van der Waals surface area contributed by atoms with Gasteiger partial charge in [-0.1, -0.05) is 50.6 Å². The van der Waals surface area contributed by atoms with E-state index in [1.807, 2.05) is 45.9 Å². The lowest BCUT2D eigenvalue weighted by Gasteiger charge is -2.21. The van der Waals surface area contributed by atoms with Crippen LogP contribution in [0, 0.1) is 6.92 Å². The zero-order valence-corrected chi connectivity index (χ0v) is 12.2. The van der Waals surface area contributed by atoms with Gasteiger partial charge in [0.15, 0.2) is 0 Å². The van der Waals surface area contributed by atoms with Gasteiger partial charge in [-0.15, -0.1) is 0 Å². The molecule has 20 heavy (non-hydrogen) atoms. The number of fused-ring (bicyclic) bond motifs is 3. The molecule has 1 aliphatic carbocycles. The van der Waals surface area contributed by atoms with Crippen LogP contribution >= 0.6 is 0 Å². The number of benzene rings is 2. The molecule has 0 spiro atoms. The lowest BCUT2D eigenvalue weighted by molar-refractivity contribution is 0.0478. The monoisotopic (exact) mass is 272 g/mol. The maximum absolute atomic E-state index is 14.7. The molecule has 0 saturated heterocycles. The Balaban J connectivity index is 2.27. The van der Waals surface area contributed by atoms with Crippen molar-refractivity contribution in [2.75, 3.05) is 0 Å². The molecule has 0 amide bonds. The average Bonchev–Trinajstić information content (AvgIpc) is 2.57. The van der Waals surface area contributed by atoms with E-state index >= 15 is 0 Å². The molecule has 0 aromatic heterocycles. The Morgan fingerprint density at radius 2 is 1.40 bits per heavy atom. The number of hydrogen-bond acceptors (Lipinski definition) is 0. The van der Waals surface area contributed by atoms with Gasteiger partial charge in [0.05, 0.1) is 0 Å². The van der Waals surface area contributed by atoms with Crippen LogP contribution in [0.15, 0.2) is 36.4 Å². The van der Waals surface area contributed by atoms with Crippen molar-refractivity contribution >= 4 is 0 Å². The van der Waals surface area contributed by atoms with Crippen LogP contribution in [0.1, 0.15) is 43.0 Å². The molecular formula is C18H18F2. The summed E-state index contributed by atoms with van der Waals surface area (Å²) in [5, 5.41) is 0. The average molecular weight is 272 g/mol. The SMILES string of the molecule is Cc1ccc2c(c1)C(F)(F)c1cc(C(C)(C)C)ccc1-2. The molecule has 104 valence electrons. The highest BCUT2D eigenvalue weighted by atomic mass is 19.3. The first-order valence-electron chi connectivity index (χ1n) is 6.85. The minimum absolute atomic E-state index is 0.129. The van der Waals surface area contributed by atoms with E-state index in [1.165, 1.54) is 0 Å². The third-order valence-electron chi connectivity index (χ3n) is 4.03. The van der Waals surface area contributed by atoms with E-state index in [9.17, 15) is 8.78 Å². The molecule has 0 aliphatic heterocycles. The van der Waals surface area contributed by atoms with Crippen LogP contribution in [0.4, 0.5) is 8.78 Å². The second-order valence-corrected chi connectivity index (χ2v) is 6.63. The fourth-order valence-corrected chi connectivity index (χ4v) is 2.80. The second-order valence-electron chi connectivity index (χ2n) is 6.63. The molecule has 2 aromatic rings. The van der Waals surface area contributed by atoms with Crippen molar-refractivity contribution in [1.29, 1.82) is 0 Å². The van der Waals surface area contributed by atoms with E-state index in [-0.39, 0.29) is 16.5 Å². The van der Waals surface area contributed by atoms with Crippen molar-refractivity contribution < 1.29 is 8.78 Å². The first-order chi connectivity index (χ1) is 9.21. The lowest BCUT2D eigenvalue weighted by atomic mass is 9.85. The molecule has 0 bridgehead atoms. The molecule has 0 unspecified atom stereocenters. The van der Waals surface area contributed by atoms with Gasteiger partial charge in [-0.2, -0.15) is 8.78 Å². The molecule has 2 heteroatoms. The Kier molecular flexibility index (Phi) is 2.60. The third-order valence-corrected chi connectivity index (χ3v) is 4.03. The number of aryl methyl sites for hydroxylation is 1. The van der Waals surface area contributed by atoms with Gasteiger partial charge in [-0.25, -0.2) is 0 Å². The van der Waals surface area contributed by atoms with Crippen LogP contribution in [0.25, 0.3) is 11.1 Å². The van der Waals surface area contributed by atoms with Crippen molar-refractivity contribution in [2.24, 2.45) is 0 Å². The third kappa shape index (κ3) is 1.78. The number of alkyl halides is 2. The number of hydrogen-bond donors (Lipinski definition) is 0. The summed E-state index contributed by atoms with van der Waals surface area (Å²) in [7, 11) is 0. The Labute approximate surface area is 118 Å². The van der Waals surface area contributed by atoms with Gasteiger partial charge in [-0.3, -0.25) is 0 Å². The predicted octanol–water partition coefficient (Wildman–Crippen LogP) is 5.41. The molecule has 0 heterocycles. The van der Waals surface area contributed by atoms with Crippen LogP contribution in [0.3, 0.4) is 0 Å². The van der Waals surface area contributed by atoms with Crippen LogP contribution in [0.5, 0.6) is 0 Å². The molecule has 0 radical (unpaired) electrons. The largest absolute Gasteiger partial charge is 0.299 e. The van der Waals surface area contributed by atoms with Crippen LogP contribution in [0.2, 0.25) is 0 Å². The fourth-order valence-electron chi connectivity index (χ4n) is 2.80. The number of rotatable bonds is 0. The quantitative estimate of drug-likeness (QED) is 0.601. The summed E-state index contributed by atoms with van der Waals surface area (Å²) in [5.74, 6) is -2.89. The summed E-state index contributed by atoms with van der Waals surface area (Å²) in [4.78, 5) is 0. The van der Waals surface area contributed by atoms with E-state index < -0.39 is 5.92 Å². The summed E-state index contributed by atoms with van der Waals surface area (Å²) < 4.78 is 29.4. The molecular weight excluding hydrogens is 254 g/mol. The van der Waals surface area contributed by atoms with Gasteiger partial charge >= 0.3 is 0 Å². The molecule has 3 rings (SSSR count). The summed E-state index contributed by atoms with van der Waals surface area (Å²) in [6.45, 7) is 7.97. The second kappa shape index (κ2) is 3.91. The Hall–Kier alpha value is -1.70. The standard InChI is InChI=1S/C18H18F2/c1-11-5-7-13-14-8-6-12(17(2,3)4)10-16(14)18(19,20)15(13)9-11/h5-10H,1-4H3. The van der Waals surface area contributed by atoms with Gasteiger partial charge in [-0.05, 0) is 41.2 Å². The van der Waals surface area contributed by atoms with Gasteiger partial charge in [0.1, 0.15) is 0 Å². The van der Waals surface area contributed by atoms with E-state index in [0.29, 0.717) is 11.1 Å². The van der Waals surface area contributed by atoms with Gasteiger partial charge in [0, 0.05) is 11.1 Å². The Morgan fingerprint density at radius 3 is 2.00 bits per heavy atom. The van der Waals surface area contributed by atoms with Crippen molar-refractivity contribution in [1.82, 2.24) is 0 Å². The Morgan fingerprint density at radius 1 is 0.850 bits per heavy atom. The van der Waals surface area contributed by atoms with Crippen LogP contribution in [-0.4, -0.2) is 0 Å². The maximum Gasteiger partial charge on any atom is 0.299 e. The van der Waals surface area contributed by atoms with Gasteiger partial charge in [0.2, 0.25) is 0 Å². The predicted molar refractivity (Wildman–Crippen MR) is 78.3 cm³/mol. The van der Waals surface area contributed by atoms with Gasteiger partial charge < -0.3 is 0 Å². The highest BCUT2D eigenvalue weighted by molar-refractivity contribution is 5.80. The minimum Gasteiger partial charge on any atom is -0.196 e. The summed E-state index contributed by atoms with van der Waals surface area (Å²) >= 11 is 0. The summed E-state index contributed by atoms with van der Waals surface area (Å²) in [5.41, 5.74) is 3.29. The zero-order valence-electron chi connectivity index (χ0n) is 12.2. The molecule has 2 aromatic carbocycles. The topological polar surface area (TPSA) is 0 Å². The lowest BCUT2D eigenvalue weighted by Crippen LogP contribution is -2.15. The smallest absolute Gasteiger partial charge is 0.196 e. The Bertz CT molecular complexity index is 691. The summed E-state index contributed by atoms with van der Waals surface area (Å²) in [6.07, 6.45) is 0. The van der Waals surface area contributed by atoms with Crippen LogP contribution < -0.4 is 0 Å². The van der Waals surface area contributed by atoms with Gasteiger partial charge in [0.25, 0.3) is 5.92 Å². The van der Waals surface area contributed by atoms with E-state index in [1.54, 1.807) is 18.2 Å².